The Morgan fingerprint density at radius 1 is 1.41 bits per heavy atom. The van der Waals surface area contributed by atoms with Crippen molar-refractivity contribution in [1.29, 1.82) is 0 Å². The Kier molecular flexibility index (Phi) is 3.13. The number of aliphatic imine (C=N–C) groups is 1. The molecule has 1 spiro atoms. The molecule has 2 unspecified atom stereocenters. The van der Waals surface area contributed by atoms with Crippen LogP contribution in [-0.4, -0.2) is 29.5 Å². The van der Waals surface area contributed by atoms with Gasteiger partial charge in [-0.1, -0.05) is 27.7 Å². The Morgan fingerprint density at radius 2 is 2.12 bits per heavy atom. The lowest BCUT2D eigenvalue weighted by atomic mass is 9.63. The van der Waals surface area contributed by atoms with E-state index in [1.165, 1.54) is 19.3 Å². The fourth-order valence-corrected chi connectivity index (χ4v) is 3.74. The molecule has 0 amide bonds. The molecular weight excluding hydrogens is 210 g/mol. The molecule has 98 valence electrons. The molecule has 2 aliphatic rings. The van der Waals surface area contributed by atoms with E-state index in [2.05, 4.69) is 37.6 Å². The topological polar surface area (TPSA) is 41.6 Å². The SMILES string of the molecule is CCCN1C(N)=NCC12CCC(C)(C)CC2C. The van der Waals surface area contributed by atoms with Gasteiger partial charge in [0.2, 0.25) is 0 Å². The number of nitrogens with two attached hydrogens (primary N) is 1. The van der Waals surface area contributed by atoms with Gasteiger partial charge in [0.15, 0.2) is 5.96 Å². The summed E-state index contributed by atoms with van der Waals surface area (Å²) in [5.41, 5.74) is 6.79. The van der Waals surface area contributed by atoms with E-state index >= 15 is 0 Å². The van der Waals surface area contributed by atoms with Gasteiger partial charge >= 0.3 is 0 Å². The molecule has 17 heavy (non-hydrogen) atoms. The molecule has 0 aromatic carbocycles. The normalized spacial score (nSPS) is 36.4. The first kappa shape index (κ1) is 12.7. The van der Waals surface area contributed by atoms with Gasteiger partial charge < -0.3 is 10.6 Å². The van der Waals surface area contributed by atoms with Gasteiger partial charge in [0.05, 0.1) is 12.1 Å². The summed E-state index contributed by atoms with van der Waals surface area (Å²) in [6, 6.07) is 0. The predicted octanol–water partition coefficient (Wildman–Crippen LogP) is 2.61. The summed E-state index contributed by atoms with van der Waals surface area (Å²) >= 11 is 0. The molecule has 2 atom stereocenters. The van der Waals surface area contributed by atoms with E-state index in [1.807, 2.05) is 0 Å². The highest BCUT2D eigenvalue weighted by Crippen LogP contribution is 2.48. The van der Waals surface area contributed by atoms with Gasteiger partial charge in [-0.05, 0) is 37.0 Å². The van der Waals surface area contributed by atoms with Crippen LogP contribution in [0.5, 0.6) is 0 Å². The predicted molar refractivity (Wildman–Crippen MR) is 73.0 cm³/mol. The second-order valence-electron chi connectivity index (χ2n) is 6.70. The third-order valence-corrected chi connectivity index (χ3v) is 4.79. The summed E-state index contributed by atoms with van der Waals surface area (Å²) in [5.74, 6) is 1.46. The second-order valence-corrected chi connectivity index (χ2v) is 6.70. The fourth-order valence-electron chi connectivity index (χ4n) is 3.74. The molecule has 0 aromatic rings. The molecule has 3 heteroatoms. The molecule has 1 aliphatic carbocycles. The molecule has 0 radical (unpaired) electrons. The van der Waals surface area contributed by atoms with Gasteiger partial charge in [-0.15, -0.1) is 0 Å². The lowest BCUT2D eigenvalue weighted by Gasteiger charge is -2.51. The molecule has 0 aromatic heterocycles. The third-order valence-electron chi connectivity index (χ3n) is 4.79. The molecule has 3 nitrogen and oxygen atoms in total. The van der Waals surface area contributed by atoms with Crippen molar-refractivity contribution in [3.05, 3.63) is 0 Å². The van der Waals surface area contributed by atoms with Crippen LogP contribution in [0.4, 0.5) is 0 Å². The standard InChI is InChI=1S/C14H27N3/c1-5-8-17-12(15)16-10-14(17)7-6-13(3,4)9-11(14)2/h11H,5-10H2,1-4H3,(H2,15,16). The molecule has 2 N–H and O–H groups in total. The zero-order valence-electron chi connectivity index (χ0n) is 11.8. The number of hydrogen-bond donors (Lipinski definition) is 1. The van der Waals surface area contributed by atoms with Crippen LogP contribution >= 0.6 is 0 Å². The highest BCUT2D eigenvalue weighted by atomic mass is 15.4. The Labute approximate surface area is 105 Å². The van der Waals surface area contributed by atoms with Gasteiger partial charge in [-0.2, -0.15) is 0 Å². The van der Waals surface area contributed by atoms with Crippen LogP contribution in [-0.2, 0) is 0 Å². The van der Waals surface area contributed by atoms with Crippen molar-refractivity contribution in [2.75, 3.05) is 13.1 Å². The largest absolute Gasteiger partial charge is 0.370 e. The average Bonchev–Trinajstić information content (AvgIpc) is 2.54. The zero-order valence-corrected chi connectivity index (χ0v) is 11.8. The molecular formula is C14H27N3. The van der Waals surface area contributed by atoms with Crippen molar-refractivity contribution >= 4 is 5.96 Å². The van der Waals surface area contributed by atoms with E-state index in [9.17, 15) is 0 Å². The first-order valence-corrected chi connectivity index (χ1v) is 6.99. The Morgan fingerprint density at radius 3 is 2.71 bits per heavy atom. The van der Waals surface area contributed by atoms with Crippen LogP contribution in [0.1, 0.15) is 53.4 Å². The van der Waals surface area contributed by atoms with Crippen LogP contribution in [0, 0.1) is 11.3 Å². The van der Waals surface area contributed by atoms with E-state index in [-0.39, 0.29) is 5.54 Å². The quantitative estimate of drug-likeness (QED) is 0.802. The van der Waals surface area contributed by atoms with Crippen molar-refractivity contribution in [2.24, 2.45) is 22.1 Å². The molecule has 1 fully saturated rings. The van der Waals surface area contributed by atoms with E-state index < -0.39 is 0 Å². The molecule has 1 saturated carbocycles. The summed E-state index contributed by atoms with van der Waals surface area (Å²) in [4.78, 5) is 6.93. The lowest BCUT2D eigenvalue weighted by molar-refractivity contribution is 0.0283. The van der Waals surface area contributed by atoms with Gasteiger partial charge in [-0.3, -0.25) is 4.99 Å². The minimum Gasteiger partial charge on any atom is -0.370 e. The van der Waals surface area contributed by atoms with Crippen LogP contribution in [0.3, 0.4) is 0 Å². The van der Waals surface area contributed by atoms with Crippen LogP contribution in [0.15, 0.2) is 4.99 Å². The Hall–Kier alpha value is -0.730. The van der Waals surface area contributed by atoms with Gasteiger partial charge in [0, 0.05) is 6.54 Å². The highest BCUT2D eigenvalue weighted by Gasteiger charge is 2.50. The Balaban J connectivity index is 2.20. The van der Waals surface area contributed by atoms with E-state index in [4.69, 9.17) is 5.73 Å². The van der Waals surface area contributed by atoms with Crippen LogP contribution in [0.25, 0.3) is 0 Å². The van der Waals surface area contributed by atoms with Crippen molar-refractivity contribution in [2.45, 2.75) is 58.9 Å². The van der Waals surface area contributed by atoms with E-state index in [1.54, 1.807) is 0 Å². The maximum atomic E-state index is 6.08. The Bertz CT molecular complexity index is 321. The van der Waals surface area contributed by atoms with Gasteiger partial charge in [-0.25, -0.2) is 0 Å². The maximum absolute atomic E-state index is 6.08. The molecule has 0 saturated heterocycles. The van der Waals surface area contributed by atoms with Crippen molar-refractivity contribution in [3.63, 3.8) is 0 Å². The summed E-state index contributed by atoms with van der Waals surface area (Å²) in [6.45, 7) is 11.4. The highest BCUT2D eigenvalue weighted by molar-refractivity contribution is 5.81. The first-order chi connectivity index (χ1) is 7.91. The number of rotatable bonds is 2. The number of hydrogen-bond acceptors (Lipinski definition) is 3. The van der Waals surface area contributed by atoms with E-state index in [0.29, 0.717) is 11.3 Å². The van der Waals surface area contributed by atoms with Crippen LogP contribution < -0.4 is 5.73 Å². The van der Waals surface area contributed by atoms with Crippen LogP contribution in [0.2, 0.25) is 0 Å². The van der Waals surface area contributed by atoms with Crippen molar-refractivity contribution in [1.82, 2.24) is 4.90 Å². The average molecular weight is 237 g/mol. The zero-order chi connectivity index (χ0) is 12.7. The minimum absolute atomic E-state index is 0.232. The molecule has 0 bridgehead atoms. The minimum atomic E-state index is 0.232. The first-order valence-electron chi connectivity index (χ1n) is 6.99. The monoisotopic (exact) mass is 237 g/mol. The maximum Gasteiger partial charge on any atom is 0.191 e. The summed E-state index contributed by atoms with van der Waals surface area (Å²) in [5, 5.41) is 0. The lowest BCUT2D eigenvalue weighted by Crippen LogP contribution is -2.58. The van der Waals surface area contributed by atoms with Crippen molar-refractivity contribution in [3.8, 4) is 0 Å². The number of nitrogens with zero attached hydrogens (tertiary/aromatic N) is 2. The second kappa shape index (κ2) is 4.18. The fraction of sp³-hybridized carbons (Fsp3) is 0.929. The van der Waals surface area contributed by atoms with Crippen molar-refractivity contribution < 1.29 is 0 Å². The summed E-state index contributed by atoms with van der Waals surface area (Å²) in [6.07, 6.45) is 4.97. The summed E-state index contributed by atoms with van der Waals surface area (Å²) in [7, 11) is 0. The van der Waals surface area contributed by atoms with E-state index in [0.717, 1.165) is 25.5 Å². The third kappa shape index (κ3) is 2.04. The molecule has 1 heterocycles. The molecule has 1 aliphatic heterocycles. The van der Waals surface area contributed by atoms with Gasteiger partial charge in [0.1, 0.15) is 0 Å². The number of guanidine groups is 1. The molecule has 2 rings (SSSR count). The smallest absolute Gasteiger partial charge is 0.191 e. The van der Waals surface area contributed by atoms with Gasteiger partial charge in [0.25, 0.3) is 0 Å². The summed E-state index contributed by atoms with van der Waals surface area (Å²) < 4.78 is 0.